The summed E-state index contributed by atoms with van der Waals surface area (Å²) in [4.78, 5) is 9.57. The molecule has 2 aromatic heterocycles. The van der Waals surface area contributed by atoms with E-state index in [1.807, 2.05) is 12.3 Å². The molecule has 4 heterocycles. The molecule has 106 valence electrons. The van der Waals surface area contributed by atoms with Crippen LogP contribution in [-0.4, -0.2) is 40.5 Å². The minimum atomic E-state index is 0.679. The van der Waals surface area contributed by atoms with E-state index in [2.05, 4.69) is 26.2 Å². The molecular formula is C15H19N3OS. The van der Waals surface area contributed by atoms with Gasteiger partial charge in [0.25, 0.3) is 0 Å². The monoisotopic (exact) mass is 289 g/mol. The van der Waals surface area contributed by atoms with Gasteiger partial charge in [-0.2, -0.15) is 0 Å². The van der Waals surface area contributed by atoms with E-state index in [-0.39, 0.29) is 0 Å². The zero-order valence-corrected chi connectivity index (χ0v) is 12.3. The highest BCUT2D eigenvalue weighted by Gasteiger charge is 2.38. The average molecular weight is 289 g/mol. The Morgan fingerprint density at radius 1 is 1.30 bits per heavy atom. The molecule has 0 amide bonds. The molecule has 20 heavy (non-hydrogen) atoms. The van der Waals surface area contributed by atoms with Gasteiger partial charge < -0.3 is 4.42 Å². The SMILES string of the molecule is c1coc(CN2C[C@H]3C[C@H]2CN(Cc2nccs2)C3)c1. The van der Waals surface area contributed by atoms with Gasteiger partial charge in [0.15, 0.2) is 0 Å². The molecule has 2 aromatic rings. The number of likely N-dealkylation sites (tertiary alicyclic amines) is 2. The van der Waals surface area contributed by atoms with E-state index in [0.29, 0.717) is 6.04 Å². The first kappa shape index (κ1) is 12.6. The van der Waals surface area contributed by atoms with Crippen molar-refractivity contribution in [1.29, 1.82) is 0 Å². The summed E-state index contributed by atoms with van der Waals surface area (Å²) in [5.74, 6) is 1.90. The molecule has 5 heteroatoms. The van der Waals surface area contributed by atoms with Crippen LogP contribution in [0.1, 0.15) is 17.2 Å². The normalized spacial score (nSPS) is 27.2. The summed E-state index contributed by atoms with van der Waals surface area (Å²) in [6.45, 7) is 5.56. The van der Waals surface area contributed by atoms with E-state index in [9.17, 15) is 0 Å². The van der Waals surface area contributed by atoms with Crippen molar-refractivity contribution in [2.75, 3.05) is 19.6 Å². The topological polar surface area (TPSA) is 32.5 Å². The third kappa shape index (κ3) is 2.53. The van der Waals surface area contributed by atoms with Crippen molar-refractivity contribution in [2.24, 2.45) is 5.92 Å². The van der Waals surface area contributed by atoms with Gasteiger partial charge in [0.1, 0.15) is 10.8 Å². The molecule has 2 aliphatic heterocycles. The van der Waals surface area contributed by atoms with Crippen LogP contribution in [0.25, 0.3) is 0 Å². The van der Waals surface area contributed by atoms with Crippen molar-refractivity contribution < 1.29 is 4.42 Å². The van der Waals surface area contributed by atoms with E-state index >= 15 is 0 Å². The molecule has 0 aromatic carbocycles. The van der Waals surface area contributed by atoms with Crippen LogP contribution in [0.5, 0.6) is 0 Å². The van der Waals surface area contributed by atoms with Crippen LogP contribution < -0.4 is 0 Å². The van der Waals surface area contributed by atoms with E-state index in [0.717, 1.165) is 31.3 Å². The van der Waals surface area contributed by atoms with Crippen molar-refractivity contribution in [3.05, 3.63) is 40.7 Å². The van der Waals surface area contributed by atoms with Gasteiger partial charge in [0, 0.05) is 37.3 Å². The lowest BCUT2D eigenvalue weighted by Crippen LogP contribution is -2.41. The van der Waals surface area contributed by atoms with Crippen molar-refractivity contribution in [3.63, 3.8) is 0 Å². The molecule has 2 atom stereocenters. The molecule has 2 aliphatic rings. The Hall–Kier alpha value is -1.17. The molecule has 4 nitrogen and oxygen atoms in total. The number of piperidine rings is 1. The summed E-state index contributed by atoms with van der Waals surface area (Å²) in [7, 11) is 0. The van der Waals surface area contributed by atoms with Crippen LogP contribution in [0.15, 0.2) is 34.4 Å². The fourth-order valence-electron chi connectivity index (χ4n) is 3.60. The first-order valence-corrected chi connectivity index (χ1v) is 8.12. The Kier molecular flexibility index (Phi) is 3.34. The number of thiazole rings is 1. The molecule has 2 bridgehead atoms. The highest BCUT2D eigenvalue weighted by Crippen LogP contribution is 2.31. The number of aromatic nitrogens is 1. The van der Waals surface area contributed by atoms with Gasteiger partial charge in [-0.1, -0.05) is 0 Å². The lowest BCUT2D eigenvalue weighted by Gasteiger charge is -2.32. The second-order valence-corrected chi connectivity index (χ2v) is 6.86. The zero-order valence-electron chi connectivity index (χ0n) is 11.4. The molecule has 0 spiro atoms. The van der Waals surface area contributed by atoms with Gasteiger partial charge >= 0.3 is 0 Å². The highest BCUT2D eigenvalue weighted by atomic mass is 32.1. The largest absolute Gasteiger partial charge is 0.468 e. The molecule has 0 radical (unpaired) electrons. The summed E-state index contributed by atoms with van der Waals surface area (Å²) in [5, 5.41) is 3.31. The molecule has 0 saturated carbocycles. The van der Waals surface area contributed by atoms with Gasteiger partial charge in [-0.25, -0.2) is 4.98 Å². The smallest absolute Gasteiger partial charge is 0.117 e. The predicted molar refractivity (Wildman–Crippen MR) is 78.4 cm³/mol. The third-order valence-corrected chi connectivity index (χ3v) is 5.15. The van der Waals surface area contributed by atoms with Crippen molar-refractivity contribution in [3.8, 4) is 0 Å². The Labute approximate surface area is 123 Å². The molecule has 0 unspecified atom stereocenters. The van der Waals surface area contributed by atoms with E-state index in [1.165, 1.54) is 24.5 Å². The molecule has 0 aliphatic carbocycles. The Morgan fingerprint density at radius 3 is 3.10 bits per heavy atom. The zero-order chi connectivity index (χ0) is 13.4. The summed E-state index contributed by atoms with van der Waals surface area (Å²) in [5.41, 5.74) is 0. The highest BCUT2D eigenvalue weighted by molar-refractivity contribution is 7.09. The maximum atomic E-state index is 5.49. The number of rotatable bonds is 4. The van der Waals surface area contributed by atoms with Gasteiger partial charge in [-0.05, 0) is 24.5 Å². The number of fused-ring (bicyclic) bond motifs is 2. The van der Waals surface area contributed by atoms with E-state index in [4.69, 9.17) is 4.42 Å². The quantitative estimate of drug-likeness (QED) is 0.865. The number of furan rings is 1. The standard InChI is InChI=1S/C15H19N3OS/c1-2-14(19-4-1)10-18-8-12-6-13(18)9-17(7-12)11-15-16-3-5-20-15/h1-5,12-13H,6-11H2/t12-,13-/m0/s1. The number of hydrogen-bond donors (Lipinski definition) is 0. The van der Waals surface area contributed by atoms with Gasteiger partial charge in [-0.15, -0.1) is 11.3 Å². The van der Waals surface area contributed by atoms with Crippen molar-refractivity contribution in [1.82, 2.24) is 14.8 Å². The Balaban J connectivity index is 1.40. The first-order valence-electron chi connectivity index (χ1n) is 7.24. The van der Waals surface area contributed by atoms with Gasteiger partial charge in [0.05, 0.1) is 19.4 Å². The molecule has 4 rings (SSSR count). The average Bonchev–Trinajstić information content (AvgIpc) is 3.14. The third-order valence-electron chi connectivity index (χ3n) is 4.38. The molecule has 0 N–H and O–H groups in total. The minimum absolute atomic E-state index is 0.679. The fraction of sp³-hybridized carbons (Fsp3) is 0.533. The molecule has 2 saturated heterocycles. The maximum absolute atomic E-state index is 5.49. The maximum Gasteiger partial charge on any atom is 0.117 e. The van der Waals surface area contributed by atoms with E-state index < -0.39 is 0 Å². The van der Waals surface area contributed by atoms with Crippen LogP contribution in [0.2, 0.25) is 0 Å². The van der Waals surface area contributed by atoms with Crippen molar-refractivity contribution in [2.45, 2.75) is 25.6 Å². The predicted octanol–water partition coefficient (Wildman–Crippen LogP) is 2.44. The lowest BCUT2D eigenvalue weighted by molar-refractivity contribution is 0.149. The summed E-state index contributed by atoms with van der Waals surface area (Å²) < 4.78 is 5.49. The van der Waals surface area contributed by atoms with Crippen LogP contribution >= 0.6 is 11.3 Å². The van der Waals surface area contributed by atoms with Gasteiger partial charge in [-0.3, -0.25) is 9.80 Å². The van der Waals surface area contributed by atoms with Crippen LogP contribution in [0.4, 0.5) is 0 Å². The minimum Gasteiger partial charge on any atom is -0.468 e. The van der Waals surface area contributed by atoms with Crippen molar-refractivity contribution >= 4 is 11.3 Å². The second-order valence-electron chi connectivity index (χ2n) is 5.88. The second kappa shape index (κ2) is 5.31. The Morgan fingerprint density at radius 2 is 2.30 bits per heavy atom. The summed E-state index contributed by atoms with van der Waals surface area (Å²) in [6.07, 6.45) is 5.02. The summed E-state index contributed by atoms with van der Waals surface area (Å²) >= 11 is 1.76. The fourth-order valence-corrected chi connectivity index (χ4v) is 4.25. The molecular weight excluding hydrogens is 270 g/mol. The van der Waals surface area contributed by atoms with Crippen LogP contribution in [-0.2, 0) is 13.1 Å². The molecule has 2 fully saturated rings. The summed E-state index contributed by atoms with van der Waals surface area (Å²) in [6, 6.07) is 4.74. The van der Waals surface area contributed by atoms with Crippen LogP contribution in [0.3, 0.4) is 0 Å². The van der Waals surface area contributed by atoms with Crippen LogP contribution in [0, 0.1) is 5.92 Å². The Bertz CT molecular complexity index is 537. The lowest BCUT2D eigenvalue weighted by atomic mass is 10.0. The van der Waals surface area contributed by atoms with E-state index in [1.54, 1.807) is 17.6 Å². The first-order chi connectivity index (χ1) is 9.87. The number of hydrogen-bond acceptors (Lipinski definition) is 5. The van der Waals surface area contributed by atoms with Gasteiger partial charge in [0.2, 0.25) is 0 Å². The number of nitrogens with zero attached hydrogens (tertiary/aromatic N) is 3.